The van der Waals surface area contributed by atoms with E-state index >= 15 is 0 Å². The van der Waals surface area contributed by atoms with Gasteiger partial charge in [0.25, 0.3) is 0 Å². The smallest absolute Gasteiger partial charge is 0.155 e. The summed E-state index contributed by atoms with van der Waals surface area (Å²) in [5, 5.41) is 4.99. The van der Waals surface area contributed by atoms with E-state index in [1.54, 1.807) is 6.08 Å². The molecule has 0 aliphatic rings. The van der Waals surface area contributed by atoms with E-state index in [-0.39, 0.29) is 5.78 Å². The predicted octanol–water partition coefficient (Wildman–Crippen LogP) is 5.74. The number of ketones is 1. The van der Waals surface area contributed by atoms with Gasteiger partial charge in [0, 0.05) is 6.42 Å². The number of carbonyl (C=O) groups is 1. The van der Waals surface area contributed by atoms with Crippen LogP contribution in [-0.4, -0.2) is 11.1 Å². The first-order chi connectivity index (χ1) is 15.8. The van der Waals surface area contributed by atoms with Crippen LogP contribution in [0.25, 0.3) is 0 Å². The van der Waals surface area contributed by atoms with E-state index in [1.807, 2.05) is 13.0 Å². The van der Waals surface area contributed by atoms with Gasteiger partial charge in [-0.3, -0.25) is 4.79 Å². The molecule has 0 heterocycles. The second kappa shape index (κ2) is 10.3. The van der Waals surface area contributed by atoms with Crippen molar-refractivity contribution in [1.82, 2.24) is 0 Å². The summed E-state index contributed by atoms with van der Waals surface area (Å²) in [5.41, 5.74) is 1.14. The van der Waals surface area contributed by atoms with Crippen molar-refractivity contribution in [2.75, 3.05) is 0 Å². The quantitative estimate of drug-likeness (QED) is 0.268. The summed E-state index contributed by atoms with van der Waals surface area (Å²) in [6.07, 6.45) is 4.32. The molecule has 0 radical (unpaired) electrons. The van der Waals surface area contributed by atoms with Crippen LogP contribution in [0.5, 0.6) is 0 Å². The summed E-state index contributed by atoms with van der Waals surface area (Å²) in [5.74, 6) is 0.130. The zero-order valence-electron chi connectivity index (χ0n) is 18.3. The van der Waals surface area contributed by atoms with Gasteiger partial charge in [-0.15, -0.1) is 0 Å². The van der Waals surface area contributed by atoms with Crippen molar-refractivity contribution in [3.63, 3.8) is 0 Å². The first-order valence-electron chi connectivity index (χ1n) is 11.0. The highest BCUT2D eigenvalue weighted by atomic mass is 31.2. The Morgan fingerprint density at radius 1 is 0.594 bits per heavy atom. The largest absolute Gasteiger partial charge is 0.295 e. The Kier molecular flexibility index (Phi) is 7.00. The molecule has 4 aromatic carbocycles. The number of allylic oxidation sites excluding steroid dienone is 2. The zero-order chi connectivity index (χ0) is 22.2. The standard InChI is InChI=1S/C30H27OP/c1-2-26(31)23-24-30(25-15-7-3-8-16-25)32(27-17-9-4-10-18-27,28-19-11-5-12-20-28)29-21-13-6-14-22-29/h3-24H,2H2,1H3/b24-23+. The van der Waals surface area contributed by atoms with Gasteiger partial charge in [0.2, 0.25) is 0 Å². The minimum Gasteiger partial charge on any atom is -0.295 e. The molecule has 0 fully saturated rings. The summed E-state index contributed by atoms with van der Waals surface area (Å²) in [4.78, 5) is 12.4. The lowest BCUT2D eigenvalue weighted by Crippen LogP contribution is -2.30. The Balaban J connectivity index is 2.26. The maximum Gasteiger partial charge on any atom is 0.155 e. The van der Waals surface area contributed by atoms with Crippen molar-refractivity contribution in [1.29, 1.82) is 0 Å². The van der Waals surface area contributed by atoms with Gasteiger partial charge in [-0.2, -0.15) is 0 Å². The van der Waals surface area contributed by atoms with Crippen LogP contribution in [0, 0.1) is 0 Å². The molecule has 0 unspecified atom stereocenters. The number of hydrogen-bond donors (Lipinski definition) is 0. The molecular formula is C30H27OP. The van der Waals surface area contributed by atoms with Crippen LogP contribution in [0.15, 0.2) is 133 Å². The molecule has 0 N–H and O–H groups in total. The second-order valence-electron chi connectivity index (χ2n) is 7.58. The van der Waals surface area contributed by atoms with Crippen molar-refractivity contribution >= 4 is 33.9 Å². The van der Waals surface area contributed by atoms with Gasteiger partial charge in [0.05, 0.1) is 0 Å². The molecule has 0 aromatic heterocycles. The monoisotopic (exact) mass is 434 g/mol. The Morgan fingerprint density at radius 2 is 0.969 bits per heavy atom. The average Bonchev–Trinajstić information content (AvgIpc) is 2.88. The summed E-state index contributed by atoms with van der Waals surface area (Å²) >= 11 is 0. The molecule has 0 aliphatic carbocycles. The fourth-order valence-corrected chi connectivity index (χ4v) is 8.54. The van der Waals surface area contributed by atoms with Gasteiger partial charge in [-0.1, -0.05) is 128 Å². The molecule has 158 valence electrons. The van der Waals surface area contributed by atoms with Crippen molar-refractivity contribution in [3.05, 3.63) is 139 Å². The highest BCUT2D eigenvalue weighted by Crippen LogP contribution is 2.47. The zero-order valence-corrected chi connectivity index (χ0v) is 19.2. The first kappa shape index (κ1) is 21.8. The lowest BCUT2D eigenvalue weighted by atomic mass is 10.1. The Labute approximate surface area is 191 Å². The van der Waals surface area contributed by atoms with Crippen LogP contribution < -0.4 is 15.9 Å². The van der Waals surface area contributed by atoms with Crippen LogP contribution in [-0.2, 0) is 4.79 Å². The summed E-state index contributed by atoms with van der Waals surface area (Å²) in [6.45, 7) is -0.369. The van der Waals surface area contributed by atoms with Crippen LogP contribution in [0.3, 0.4) is 0 Å². The van der Waals surface area contributed by atoms with E-state index in [0.717, 1.165) is 5.56 Å². The highest BCUT2D eigenvalue weighted by Gasteiger charge is 2.29. The highest BCUT2D eigenvalue weighted by molar-refractivity contribution is 7.96. The fraction of sp³-hybridized carbons (Fsp3) is 0.0667. The lowest BCUT2D eigenvalue weighted by Gasteiger charge is -2.32. The maximum atomic E-state index is 12.4. The molecule has 0 spiro atoms. The molecule has 0 bridgehead atoms. The second-order valence-corrected chi connectivity index (χ2v) is 11.0. The summed E-state index contributed by atoms with van der Waals surface area (Å²) in [6, 6.07) is 42.7. The molecule has 0 atom stereocenters. The third-order valence-corrected chi connectivity index (χ3v) is 9.99. The third kappa shape index (κ3) is 4.31. The van der Waals surface area contributed by atoms with Gasteiger partial charge in [-0.25, -0.2) is 0 Å². The average molecular weight is 435 g/mol. The Bertz CT molecular complexity index is 1140. The number of benzene rings is 4. The molecular weight excluding hydrogens is 407 g/mol. The number of rotatable bonds is 7. The molecule has 32 heavy (non-hydrogen) atoms. The van der Waals surface area contributed by atoms with Crippen molar-refractivity contribution in [3.8, 4) is 0 Å². The van der Waals surface area contributed by atoms with E-state index in [2.05, 4.69) is 121 Å². The minimum absolute atomic E-state index is 0.130. The molecule has 0 aliphatic heterocycles. The lowest BCUT2D eigenvalue weighted by molar-refractivity contribution is -0.114. The fourth-order valence-electron chi connectivity index (χ4n) is 4.12. The van der Waals surface area contributed by atoms with Gasteiger partial charge >= 0.3 is 0 Å². The normalized spacial score (nSPS) is 11.4. The Morgan fingerprint density at radius 3 is 1.34 bits per heavy atom. The summed E-state index contributed by atoms with van der Waals surface area (Å²) in [7, 11) is 0. The van der Waals surface area contributed by atoms with Crippen molar-refractivity contribution < 1.29 is 4.79 Å². The molecule has 1 nitrogen and oxygen atoms in total. The topological polar surface area (TPSA) is 17.1 Å². The van der Waals surface area contributed by atoms with Crippen LogP contribution in [0.4, 0.5) is 0 Å². The van der Waals surface area contributed by atoms with E-state index in [4.69, 9.17) is 0 Å². The van der Waals surface area contributed by atoms with Crippen molar-refractivity contribution in [2.24, 2.45) is 0 Å². The van der Waals surface area contributed by atoms with E-state index in [0.29, 0.717) is 6.42 Å². The number of hydrogen-bond acceptors (Lipinski definition) is 1. The van der Waals surface area contributed by atoms with E-state index in [9.17, 15) is 4.79 Å². The van der Waals surface area contributed by atoms with Crippen molar-refractivity contribution in [2.45, 2.75) is 13.3 Å². The first-order valence-corrected chi connectivity index (χ1v) is 12.8. The molecule has 4 rings (SSSR count). The van der Waals surface area contributed by atoms with Gasteiger partial charge in [-0.05, 0) is 45.8 Å². The van der Waals surface area contributed by atoms with Crippen LogP contribution in [0.1, 0.15) is 18.9 Å². The molecule has 4 aromatic rings. The van der Waals surface area contributed by atoms with E-state index < -0.39 is 6.89 Å². The van der Waals surface area contributed by atoms with Crippen LogP contribution >= 0.6 is 6.89 Å². The van der Waals surface area contributed by atoms with Gasteiger partial charge < -0.3 is 0 Å². The van der Waals surface area contributed by atoms with Crippen LogP contribution in [0.2, 0.25) is 0 Å². The van der Waals surface area contributed by atoms with E-state index in [1.165, 1.54) is 21.2 Å². The number of carbonyl (C=O) groups excluding carboxylic acids is 1. The Hall–Kier alpha value is -3.41. The third-order valence-electron chi connectivity index (χ3n) is 5.64. The molecule has 0 saturated carbocycles. The maximum absolute atomic E-state index is 12.4. The van der Waals surface area contributed by atoms with Gasteiger partial charge in [0.15, 0.2) is 5.78 Å². The SMILES string of the molecule is CCC(=O)/C=C/C(c1ccccc1)=P(c1ccccc1)(c1ccccc1)c1ccccc1. The summed E-state index contributed by atoms with van der Waals surface area (Å²) < 4.78 is 0. The minimum atomic E-state index is -2.27. The molecule has 0 saturated heterocycles. The molecule has 2 heteroatoms. The molecule has 0 amide bonds. The predicted molar refractivity (Wildman–Crippen MR) is 140 cm³/mol. The van der Waals surface area contributed by atoms with Gasteiger partial charge in [0.1, 0.15) is 0 Å².